The Balaban J connectivity index is 1.54. The Labute approximate surface area is 153 Å². The van der Waals surface area contributed by atoms with Gasteiger partial charge in [-0.15, -0.1) is 0 Å². The number of ether oxygens (including phenoxy) is 1. The zero-order valence-electron chi connectivity index (χ0n) is 16.4. The van der Waals surface area contributed by atoms with E-state index in [2.05, 4.69) is 56.1 Å². The van der Waals surface area contributed by atoms with E-state index < -0.39 is 0 Å². The van der Waals surface area contributed by atoms with Crippen LogP contribution < -0.4 is 10.1 Å². The van der Waals surface area contributed by atoms with Crippen LogP contribution in [-0.2, 0) is 13.0 Å². The molecule has 0 bridgehead atoms. The second-order valence-corrected chi connectivity index (χ2v) is 9.72. The van der Waals surface area contributed by atoms with Gasteiger partial charge in [-0.3, -0.25) is 4.90 Å². The van der Waals surface area contributed by atoms with Gasteiger partial charge >= 0.3 is 0 Å². The quantitative estimate of drug-likeness (QED) is 0.903. The van der Waals surface area contributed by atoms with Gasteiger partial charge in [0, 0.05) is 25.6 Å². The summed E-state index contributed by atoms with van der Waals surface area (Å²) in [4.78, 5) is 2.56. The number of hydrogen-bond donors (Lipinski definition) is 1. The Morgan fingerprint density at radius 3 is 2.56 bits per heavy atom. The molecule has 3 nitrogen and oxygen atoms in total. The van der Waals surface area contributed by atoms with Crippen molar-refractivity contribution in [3.05, 3.63) is 29.3 Å². The van der Waals surface area contributed by atoms with Crippen LogP contribution in [0.4, 0.5) is 0 Å². The zero-order chi connectivity index (χ0) is 17.7. The highest BCUT2D eigenvalue weighted by Gasteiger charge is 2.46. The van der Waals surface area contributed by atoms with Crippen molar-refractivity contribution in [3.8, 4) is 5.75 Å². The lowest BCUT2D eigenvalue weighted by Gasteiger charge is -2.49. The maximum Gasteiger partial charge on any atom is 0.123 e. The maximum absolute atomic E-state index is 6.71. The summed E-state index contributed by atoms with van der Waals surface area (Å²) in [5, 5.41) is 3.50. The average Bonchev–Trinajstić information content (AvgIpc) is 2.53. The topological polar surface area (TPSA) is 24.5 Å². The smallest absolute Gasteiger partial charge is 0.123 e. The Hall–Kier alpha value is -1.06. The lowest BCUT2D eigenvalue weighted by Crippen LogP contribution is -2.55. The summed E-state index contributed by atoms with van der Waals surface area (Å²) in [7, 11) is 0. The normalized spacial score (nSPS) is 27.6. The van der Waals surface area contributed by atoms with Gasteiger partial charge in [-0.2, -0.15) is 0 Å². The van der Waals surface area contributed by atoms with Crippen molar-refractivity contribution >= 4 is 0 Å². The Morgan fingerprint density at radius 2 is 1.92 bits per heavy atom. The molecule has 1 aromatic carbocycles. The maximum atomic E-state index is 6.71. The van der Waals surface area contributed by atoms with Crippen molar-refractivity contribution in [2.24, 2.45) is 17.3 Å². The molecule has 0 amide bonds. The minimum absolute atomic E-state index is 0.0510. The van der Waals surface area contributed by atoms with E-state index in [0.717, 1.165) is 38.2 Å². The summed E-state index contributed by atoms with van der Waals surface area (Å²) in [5.41, 5.74) is 3.43. The number of piperidine rings is 1. The molecule has 0 radical (unpaired) electrons. The van der Waals surface area contributed by atoms with Crippen LogP contribution in [0.25, 0.3) is 0 Å². The molecule has 3 aliphatic rings. The minimum Gasteiger partial charge on any atom is -0.487 e. The first kappa shape index (κ1) is 17.4. The zero-order valence-corrected chi connectivity index (χ0v) is 16.4. The van der Waals surface area contributed by atoms with Gasteiger partial charge in [0.15, 0.2) is 0 Å². The summed E-state index contributed by atoms with van der Waals surface area (Å²) in [6.07, 6.45) is 3.45. The molecule has 2 fully saturated rings. The molecule has 0 aromatic heterocycles. The van der Waals surface area contributed by atoms with E-state index >= 15 is 0 Å². The van der Waals surface area contributed by atoms with Gasteiger partial charge in [0.2, 0.25) is 0 Å². The predicted octanol–water partition coefficient (Wildman–Crippen LogP) is 3.86. The molecule has 3 heteroatoms. The number of likely N-dealkylation sites (tertiary alicyclic amines) is 1. The summed E-state index contributed by atoms with van der Waals surface area (Å²) >= 11 is 0. The van der Waals surface area contributed by atoms with Crippen molar-refractivity contribution in [2.45, 2.75) is 59.1 Å². The second kappa shape index (κ2) is 6.28. The second-order valence-electron chi connectivity index (χ2n) is 9.72. The number of nitrogens with one attached hydrogen (secondary N) is 1. The van der Waals surface area contributed by atoms with Gasteiger partial charge in [0.05, 0.1) is 0 Å². The number of benzene rings is 1. The van der Waals surface area contributed by atoms with Crippen LogP contribution in [-0.4, -0.2) is 36.7 Å². The molecule has 3 aliphatic heterocycles. The van der Waals surface area contributed by atoms with E-state index in [1.54, 1.807) is 0 Å². The first-order chi connectivity index (χ1) is 11.9. The standard InChI is InChI=1S/C22H34N2O/c1-16(2)19-12-18-11-17(13-24-14-21(3,4)15-24)5-6-20(18)25-22(19)7-9-23-10-8-22/h5-6,11,16,19,23H,7-10,12-15H2,1-4H3. The SMILES string of the molecule is CC(C)C1Cc2cc(CN3CC(C)(C)C3)ccc2OC12CCNCC2. The molecule has 25 heavy (non-hydrogen) atoms. The van der Waals surface area contributed by atoms with E-state index in [1.807, 2.05) is 0 Å². The van der Waals surface area contributed by atoms with E-state index in [0.29, 0.717) is 17.3 Å². The summed E-state index contributed by atoms with van der Waals surface area (Å²) in [5.74, 6) is 2.43. The first-order valence-electron chi connectivity index (χ1n) is 10.1. The molecular formula is C22H34N2O. The van der Waals surface area contributed by atoms with Crippen LogP contribution >= 0.6 is 0 Å². The fraction of sp³-hybridized carbons (Fsp3) is 0.727. The molecular weight excluding hydrogens is 308 g/mol. The van der Waals surface area contributed by atoms with Crippen molar-refractivity contribution in [1.82, 2.24) is 10.2 Å². The summed E-state index contributed by atoms with van der Waals surface area (Å²) in [6, 6.07) is 6.95. The molecule has 0 saturated carbocycles. The molecule has 1 N–H and O–H groups in total. The van der Waals surface area contributed by atoms with Crippen LogP contribution in [0.2, 0.25) is 0 Å². The minimum atomic E-state index is 0.0510. The van der Waals surface area contributed by atoms with Crippen molar-refractivity contribution in [1.29, 1.82) is 0 Å². The Kier molecular flexibility index (Phi) is 4.36. The molecule has 1 spiro atoms. The van der Waals surface area contributed by atoms with Gasteiger partial charge in [0.1, 0.15) is 11.4 Å². The van der Waals surface area contributed by atoms with Gasteiger partial charge in [-0.25, -0.2) is 0 Å². The lowest BCUT2D eigenvalue weighted by atomic mass is 9.69. The van der Waals surface area contributed by atoms with Gasteiger partial charge in [-0.1, -0.05) is 39.8 Å². The first-order valence-corrected chi connectivity index (χ1v) is 10.1. The largest absolute Gasteiger partial charge is 0.487 e. The third-order valence-electron chi connectivity index (χ3n) is 6.52. The molecule has 4 rings (SSSR count). The van der Waals surface area contributed by atoms with E-state index in [4.69, 9.17) is 4.74 Å². The number of fused-ring (bicyclic) bond motifs is 1. The van der Waals surface area contributed by atoms with Gasteiger partial charge in [0.25, 0.3) is 0 Å². The summed E-state index contributed by atoms with van der Waals surface area (Å²) < 4.78 is 6.71. The molecule has 2 saturated heterocycles. The highest BCUT2D eigenvalue weighted by Crippen LogP contribution is 2.45. The Bertz CT molecular complexity index is 623. The van der Waals surface area contributed by atoms with Gasteiger partial charge in [-0.05, 0) is 60.9 Å². The highest BCUT2D eigenvalue weighted by molar-refractivity contribution is 5.40. The summed E-state index contributed by atoms with van der Waals surface area (Å²) in [6.45, 7) is 15.1. The highest BCUT2D eigenvalue weighted by atomic mass is 16.5. The van der Waals surface area contributed by atoms with Crippen LogP contribution in [0.5, 0.6) is 5.75 Å². The van der Waals surface area contributed by atoms with Crippen molar-refractivity contribution in [2.75, 3.05) is 26.2 Å². The molecule has 1 atom stereocenters. The Morgan fingerprint density at radius 1 is 1.20 bits per heavy atom. The third-order valence-corrected chi connectivity index (χ3v) is 6.52. The fourth-order valence-electron chi connectivity index (χ4n) is 5.41. The molecule has 1 unspecified atom stereocenters. The van der Waals surface area contributed by atoms with Crippen molar-refractivity contribution < 1.29 is 4.74 Å². The van der Waals surface area contributed by atoms with Crippen LogP contribution in [0.15, 0.2) is 18.2 Å². The van der Waals surface area contributed by atoms with Crippen LogP contribution in [0.3, 0.4) is 0 Å². The van der Waals surface area contributed by atoms with Crippen LogP contribution in [0.1, 0.15) is 51.7 Å². The average molecular weight is 343 g/mol. The molecule has 138 valence electrons. The van der Waals surface area contributed by atoms with E-state index in [1.165, 1.54) is 30.6 Å². The molecule has 1 aromatic rings. The number of nitrogens with zero attached hydrogens (tertiary/aromatic N) is 1. The lowest BCUT2D eigenvalue weighted by molar-refractivity contribution is -0.0499. The van der Waals surface area contributed by atoms with E-state index in [-0.39, 0.29) is 5.60 Å². The van der Waals surface area contributed by atoms with Crippen LogP contribution in [0, 0.1) is 17.3 Å². The fourth-order valence-corrected chi connectivity index (χ4v) is 5.41. The van der Waals surface area contributed by atoms with Gasteiger partial charge < -0.3 is 10.1 Å². The predicted molar refractivity (Wildman–Crippen MR) is 103 cm³/mol. The molecule has 0 aliphatic carbocycles. The number of rotatable bonds is 3. The third kappa shape index (κ3) is 3.33. The van der Waals surface area contributed by atoms with E-state index in [9.17, 15) is 0 Å². The number of hydrogen-bond acceptors (Lipinski definition) is 3. The molecule has 3 heterocycles. The monoisotopic (exact) mass is 342 g/mol. The van der Waals surface area contributed by atoms with Crippen molar-refractivity contribution in [3.63, 3.8) is 0 Å².